The lowest BCUT2D eigenvalue weighted by Gasteiger charge is -2.12. The van der Waals surface area contributed by atoms with Crippen molar-refractivity contribution in [1.82, 2.24) is 0 Å². The Morgan fingerprint density at radius 1 is 0.867 bits per heavy atom. The second-order valence-corrected chi connectivity index (χ2v) is 7.90. The van der Waals surface area contributed by atoms with Crippen molar-refractivity contribution in [3.63, 3.8) is 0 Å². The third-order valence-electron chi connectivity index (χ3n) is 3.97. The van der Waals surface area contributed by atoms with Gasteiger partial charge in [-0.25, -0.2) is 8.42 Å². The first-order chi connectivity index (χ1) is 14.0. The number of hydrogen-bond acceptors (Lipinski definition) is 4. The topological polar surface area (TPSA) is 95.5 Å². The van der Waals surface area contributed by atoms with Gasteiger partial charge in [-0.05, 0) is 54.6 Å². The summed E-state index contributed by atoms with van der Waals surface area (Å²) in [4.78, 5) is 12.0. The summed E-state index contributed by atoms with van der Waals surface area (Å²) < 4.78 is 65.4. The van der Waals surface area contributed by atoms with Crippen LogP contribution in [0.3, 0.4) is 0 Å². The van der Waals surface area contributed by atoms with E-state index in [9.17, 15) is 31.5 Å². The molecular formula is C20H15F3N2O4S. The Hall–Kier alpha value is -3.53. The Labute approximate surface area is 170 Å². The average molecular weight is 436 g/mol. The van der Waals surface area contributed by atoms with E-state index in [-0.39, 0.29) is 21.9 Å². The summed E-state index contributed by atoms with van der Waals surface area (Å²) in [6.07, 6.45) is -4.61. The molecule has 0 saturated carbocycles. The van der Waals surface area contributed by atoms with Crippen LogP contribution in [0.15, 0.2) is 77.7 Å². The van der Waals surface area contributed by atoms with E-state index in [1.165, 1.54) is 30.3 Å². The fourth-order valence-electron chi connectivity index (χ4n) is 2.55. The van der Waals surface area contributed by atoms with E-state index < -0.39 is 27.7 Å². The molecule has 0 aliphatic heterocycles. The normalized spacial score (nSPS) is 11.7. The van der Waals surface area contributed by atoms with Crippen LogP contribution in [0.1, 0.15) is 15.9 Å². The Balaban J connectivity index is 1.75. The van der Waals surface area contributed by atoms with Crippen molar-refractivity contribution in [2.45, 2.75) is 11.1 Å². The molecule has 0 aromatic heterocycles. The predicted octanol–water partition coefficient (Wildman–Crippen LogP) is 4.46. The maximum Gasteiger partial charge on any atom is 0.416 e. The van der Waals surface area contributed by atoms with E-state index in [0.29, 0.717) is 11.8 Å². The molecule has 10 heteroatoms. The van der Waals surface area contributed by atoms with Gasteiger partial charge in [-0.15, -0.1) is 0 Å². The number of hydrogen-bond donors (Lipinski definition) is 3. The van der Waals surface area contributed by atoms with Crippen LogP contribution in [-0.2, 0) is 16.2 Å². The van der Waals surface area contributed by atoms with E-state index in [2.05, 4.69) is 10.0 Å². The molecule has 0 aliphatic rings. The third-order valence-corrected chi connectivity index (χ3v) is 5.37. The molecule has 3 rings (SSSR count). The van der Waals surface area contributed by atoms with Crippen LogP contribution < -0.4 is 10.0 Å². The van der Waals surface area contributed by atoms with Crippen molar-refractivity contribution in [2.75, 3.05) is 10.0 Å². The van der Waals surface area contributed by atoms with Gasteiger partial charge in [0, 0.05) is 23.0 Å². The lowest BCUT2D eigenvalue weighted by atomic mass is 10.2. The van der Waals surface area contributed by atoms with Gasteiger partial charge < -0.3 is 10.4 Å². The minimum Gasteiger partial charge on any atom is -0.508 e. The first kappa shape index (κ1) is 21.2. The number of carbonyl (C=O) groups is 1. The number of phenolic OH excluding ortho intramolecular Hbond substituents is 1. The van der Waals surface area contributed by atoms with Crippen LogP contribution in [0.4, 0.5) is 24.5 Å². The summed E-state index contributed by atoms with van der Waals surface area (Å²) in [5.41, 5.74) is -0.725. The fourth-order valence-corrected chi connectivity index (χ4v) is 3.59. The number of carbonyl (C=O) groups excluding carboxylic acids is 1. The van der Waals surface area contributed by atoms with Gasteiger partial charge in [0.25, 0.3) is 15.9 Å². The van der Waals surface area contributed by atoms with Crippen LogP contribution in [0.25, 0.3) is 0 Å². The number of benzene rings is 3. The molecule has 0 radical (unpaired) electrons. The van der Waals surface area contributed by atoms with Crippen molar-refractivity contribution >= 4 is 27.3 Å². The van der Waals surface area contributed by atoms with E-state index in [4.69, 9.17) is 0 Å². The Bertz CT molecular complexity index is 1180. The van der Waals surface area contributed by atoms with Gasteiger partial charge in [-0.2, -0.15) is 13.2 Å². The van der Waals surface area contributed by atoms with Crippen molar-refractivity contribution in [3.8, 4) is 5.75 Å². The van der Waals surface area contributed by atoms with Gasteiger partial charge in [0.2, 0.25) is 0 Å². The van der Waals surface area contributed by atoms with Gasteiger partial charge in [-0.3, -0.25) is 9.52 Å². The molecule has 0 atom stereocenters. The smallest absolute Gasteiger partial charge is 0.416 e. The molecule has 0 aliphatic carbocycles. The summed E-state index contributed by atoms with van der Waals surface area (Å²) >= 11 is 0. The SMILES string of the molecule is O=C(Nc1cccc(O)c1)c1ccc(S(=O)(=O)Nc2cccc(C(F)(F)F)c2)cc1. The quantitative estimate of drug-likeness (QED) is 0.550. The third kappa shape index (κ3) is 5.09. The van der Waals surface area contributed by atoms with Gasteiger partial charge in [0.1, 0.15) is 5.75 Å². The number of alkyl halides is 3. The van der Waals surface area contributed by atoms with Gasteiger partial charge >= 0.3 is 6.18 Å². The number of amides is 1. The van der Waals surface area contributed by atoms with Gasteiger partial charge in [-0.1, -0.05) is 12.1 Å². The second-order valence-electron chi connectivity index (χ2n) is 6.21. The molecule has 0 fully saturated rings. The number of sulfonamides is 1. The highest BCUT2D eigenvalue weighted by molar-refractivity contribution is 7.92. The highest BCUT2D eigenvalue weighted by Crippen LogP contribution is 2.31. The molecule has 3 aromatic carbocycles. The van der Waals surface area contributed by atoms with Crippen LogP contribution in [-0.4, -0.2) is 19.4 Å². The average Bonchev–Trinajstić information content (AvgIpc) is 2.67. The first-order valence-corrected chi connectivity index (χ1v) is 9.93. The van der Waals surface area contributed by atoms with Crippen molar-refractivity contribution in [1.29, 1.82) is 0 Å². The zero-order valence-electron chi connectivity index (χ0n) is 15.1. The minimum atomic E-state index is -4.61. The lowest BCUT2D eigenvalue weighted by molar-refractivity contribution is -0.137. The number of aromatic hydroxyl groups is 1. The van der Waals surface area contributed by atoms with Crippen LogP contribution in [0, 0.1) is 0 Å². The maximum atomic E-state index is 12.8. The maximum absolute atomic E-state index is 12.8. The van der Waals surface area contributed by atoms with Crippen molar-refractivity contribution in [3.05, 3.63) is 83.9 Å². The molecule has 0 unspecified atom stereocenters. The largest absolute Gasteiger partial charge is 0.508 e. The molecule has 0 bridgehead atoms. The summed E-state index contributed by atoms with van der Waals surface area (Å²) in [6.45, 7) is 0. The molecule has 3 N–H and O–H groups in total. The van der Waals surface area contributed by atoms with Gasteiger partial charge in [0.15, 0.2) is 0 Å². The highest BCUT2D eigenvalue weighted by Gasteiger charge is 2.30. The van der Waals surface area contributed by atoms with Crippen LogP contribution in [0.2, 0.25) is 0 Å². The van der Waals surface area contributed by atoms with E-state index >= 15 is 0 Å². The van der Waals surface area contributed by atoms with Gasteiger partial charge in [0.05, 0.1) is 10.5 Å². The Morgan fingerprint density at radius 2 is 1.50 bits per heavy atom. The highest BCUT2D eigenvalue weighted by atomic mass is 32.2. The van der Waals surface area contributed by atoms with E-state index in [0.717, 1.165) is 24.3 Å². The summed E-state index contributed by atoms with van der Waals surface area (Å²) in [5.74, 6) is -0.565. The summed E-state index contributed by atoms with van der Waals surface area (Å²) in [6, 6.07) is 14.5. The first-order valence-electron chi connectivity index (χ1n) is 8.45. The Kier molecular flexibility index (Phi) is 5.70. The number of anilines is 2. The standard InChI is InChI=1S/C20H15F3N2O4S/c21-20(22,23)14-3-1-5-16(11-14)25-30(28,29)18-9-7-13(8-10-18)19(27)24-15-4-2-6-17(26)12-15/h1-12,25-26H,(H,24,27). The summed E-state index contributed by atoms with van der Waals surface area (Å²) in [7, 11) is -4.16. The minimum absolute atomic E-state index is 0.0325. The van der Waals surface area contributed by atoms with Crippen LogP contribution in [0.5, 0.6) is 5.75 Å². The molecule has 1 amide bonds. The molecule has 156 valence electrons. The van der Waals surface area contributed by atoms with Crippen molar-refractivity contribution < 1.29 is 31.5 Å². The van der Waals surface area contributed by atoms with E-state index in [1.54, 1.807) is 12.1 Å². The lowest BCUT2D eigenvalue weighted by Crippen LogP contribution is -2.15. The number of halogens is 3. The molecular weight excluding hydrogens is 421 g/mol. The summed E-state index contributed by atoms with van der Waals surface area (Å²) in [5, 5.41) is 12.0. The Morgan fingerprint density at radius 3 is 2.13 bits per heavy atom. The number of rotatable bonds is 5. The molecule has 3 aromatic rings. The number of phenols is 1. The van der Waals surface area contributed by atoms with Crippen molar-refractivity contribution in [2.24, 2.45) is 0 Å². The molecule has 0 spiro atoms. The number of nitrogens with one attached hydrogen (secondary N) is 2. The predicted molar refractivity (Wildman–Crippen MR) is 105 cm³/mol. The fraction of sp³-hybridized carbons (Fsp3) is 0.0500. The zero-order chi connectivity index (χ0) is 21.9. The van der Waals surface area contributed by atoms with E-state index in [1.807, 2.05) is 0 Å². The zero-order valence-corrected chi connectivity index (χ0v) is 16.0. The molecule has 0 heterocycles. The molecule has 0 saturated heterocycles. The second kappa shape index (κ2) is 8.07. The molecule has 30 heavy (non-hydrogen) atoms. The monoisotopic (exact) mass is 436 g/mol. The van der Waals surface area contributed by atoms with Crippen LogP contribution >= 0.6 is 0 Å². The molecule has 6 nitrogen and oxygen atoms in total.